The fourth-order valence-electron chi connectivity index (χ4n) is 2.67. The van der Waals surface area contributed by atoms with E-state index in [-0.39, 0.29) is 22.7 Å². The standard InChI is InChI=1S/C24H21F2NO4/c1-24(2,3)31-23(29)18-11-10-17(30-21-12-9-16(25)13-19(21)26)14-20(18)27-22(28)15-7-5-4-6-8-15/h4-14H,1-3H3,(H,27,28). The molecule has 0 aromatic heterocycles. The third kappa shape index (κ3) is 5.88. The van der Waals surface area contributed by atoms with Gasteiger partial charge in [0.2, 0.25) is 0 Å². The third-order valence-electron chi connectivity index (χ3n) is 4.02. The summed E-state index contributed by atoms with van der Waals surface area (Å²) in [6.07, 6.45) is 0. The largest absolute Gasteiger partial charge is 0.456 e. The summed E-state index contributed by atoms with van der Waals surface area (Å²) in [7, 11) is 0. The van der Waals surface area contributed by atoms with Gasteiger partial charge in [-0.1, -0.05) is 18.2 Å². The molecular weight excluding hydrogens is 404 g/mol. The summed E-state index contributed by atoms with van der Waals surface area (Å²) in [4.78, 5) is 25.3. The lowest BCUT2D eigenvalue weighted by Crippen LogP contribution is -2.25. The maximum Gasteiger partial charge on any atom is 0.340 e. The summed E-state index contributed by atoms with van der Waals surface area (Å²) >= 11 is 0. The van der Waals surface area contributed by atoms with Gasteiger partial charge < -0.3 is 14.8 Å². The first-order valence-corrected chi connectivity index (χ1v) is 9.49. The first-order valence-electron chi connectivity index (χ1n) is 9.49. The highest BCUT2D eigenvalue weighted by Crippen LogP contribution is 2.30. The van der Waals surface area contributed by atoms with Crippen LogP contribution in [-0.2, 0) is 4.74 Å². The number of ether oxygens (including phenoxy) is 2. The quantitative estimate of drug-likeness (QED) is 0.512. The molecule has 0 spiro atoms. The van der Waals surface area contributed by atoms with Crippen molar-refractivity contribution in [2.45, 2.75) is 26.4 Å². The van der Waals surface area contributed by atoms with Crippen molar-refractivity contribution in [2.24, 2.45) is 0 Å². The van der Waals surface area contributed by atoms with E-state index in [0.717, 1.165) is 12.1 Å². The van der Waals surface area contributed by atoms with Crippen molar-refractivity contribution in [3.05, 3.63) is 89.5 Å². The van der Waals surface area contributed by atoms with Gasteiger partial charge in [0.1, 0.15) is 17.2 Å². The molecule has 0 heterocycles. The first kappa shape index (κ1) is 22.0. The molecule has 160 valence electrons. The molecule has 3 aromatic rings. The first-order chi connectivity index (χ1) is 14.6. The van der Waals surface area contributed by atoms with Crippen molar-refractivity contribution >= 4 is 17.6 Å². The topological polar surface area (TPSA) is 64.6 Å². The van der Waals surface area contributed by atoms with Gasteiger partial charge in [-0.25, -0.2) is 13.6 Å². The molecule has 1 amide bonds. The minimum atomic E-state index is -0.883. The summed E-state index contributed by atoms with van der Waals surface area (Å²) in [6, 6.07) is 15.6. The van der Waals surface area contributed by atoms with E-state index in [1.54, 1.807) is 51.1 Å². The number of esters is 1. The van der Waals surface area contributed by atoms with Crippen LogP contribution in [0.1, 0.15) is 41.5 Å². The highest BCUT2D eigenvalue weighted by atomic mass is 19.1. The second-order valence-electron chi connectivity index (χ2n) is 7.71. The maximum atomic E-state index is 14.0. The van der Waals surface area contributed by atoms with Crippen LogP contribution in [0.4, 0.5) is 14.5 Å². The van der Waals surface area contributed by atoms with E-state index < -0.39 is 29.1 Å². The van der Waals surface area contributed by atoms with Crippen LogP contribution in [0.2, 0.25) is 0 Å². The van der Waals surface area contributed by atoms with Crippen LogP contribution < -0.4 is 10.1 Å². The average molecular weight is 425 g/mol. The molecule has 0 saturated carbocycles. The lowest BCUT2D eigenvalue weighted by Gasteiger charge is -2.21. The van der Waals surface area contributed by atoms with Crippen LogP contribution in [0, 0.1) is 11.6 Å². The zero-order valence-electron chi connectivity index (χ0n) is 17.2. The molecule has 5 nitrogen and oxygen atoms in total. The Bertz CT molecular complexity index is 1110. The van der Waals surface area contributed by atoms with Gasteiger partial charge in [0.15, 0.2) is 11.6 Å². The Hall–Kier alpha value is -3.74. The number of carbonyl (C=O) groups is 2. The minimum Gasteiger partial charge on any atom is -0.456 e. The van der Waals surface area contributed by atoms with E-state index >= 15 is 0 Å². The van der Waals surface area contributed by atoms with Crippen molar-refractivity contribution < 1.29 is 27.8 Å². The smallest absolute Gasteiger partial charge is 0.340 e. The molecule has 0 aliphatic heterocycles. The van der Waals surface area contributed by atoms with Crippen LogP contribution >= 0.6 is 0 Å². The third-order valence-corrected chi connectivity index (χ3v) is 4.02. The van der Waals surface area contributed by atoms with Gasteiger partial charge in [0.25, 0.3) is 5.91 Å². The molecule has 0 fully saturated rings. The Balaban J connectivity index is 1.95. The zero-order valence-corrected chi connectivity index (χ0v) is 17.2. The molecule has 0 aliphatic carbocycles. The van der Waals surface area contributed by atoms with E-state index in [1.807, 2.05) is 0 Å². The predicted molar refractivity (Wildman–Crippen MR) is 112 cm³/mol. The van der Waals surface area contributed by atoms with Crippen molar-refractivity contribution in [3.63, 3.8) is 0 Å². The molecule has 0 aliphatic rings. The Labute approximate surface area is 178 Å². The second-order valence-corrected chi connectivity index (χ2v) is 7.71. The second kappa shape index (κ2) is 8.95. The summed E-state index contributed by atoms with van der Waals surface area (Å²) in [5.74, 6) is -2.77. The van der Waals surface area contributed by atoms with Gasteiger partial charge in [-0.3, -0.25) is 4.79 Å². The van der Waals surface area contributed by atoms with Gasteiger partial charge in [0, 0.05) is 17.7 Å². The van der Waals surface area contributed by atoms with E-state index in [0.29, 0.717) is 11.6 Å². The highest BCUT2D eigenvalue weighted by Gasteiger charge is 2.22. The average Bonchev–Trinajstić information content (AvgIpc) is 2.69. The van der Waals surface area contributed by atoms with Crippen LogP contribution in [0.15, 0.2) is 66.7 Å². The molecule has 3 rings (SSSR count). The van der Waals surface area contributed by atoms with Crippen LogP contribution in [0.25, 0.3) is 0 Å². The number of anilines is 1. The molecule has 31 heavy (non-hydrogen) atoms. The van der Waals surface area contributed by atoms with Gasteiger partial charge in [-0.05, 0) is 57.2 Å². The molecule has 1 N–H and O–H groups in total. The SMILES string of the molecule is CC(C)(C)OC(=O)c1ccc(Oc2ccc(F)cc2F)cc1NC(=O)c1ccccc1. The van der Waals surface area contributed by atoms with E-state index in [9.17, 15) is 18.4 Å². The number of hydrogen-bond acceptors (Lipinski definition) is 4. The normalized spacial score (nSPS) is 11.0. The maximum absolute atomic E-state index is 14.0. The number of rotatable bonds is 5. The fourth-order valence-corrected chi connectivity index (χ4v) is 2.67. The summed E-state index contributed by atoms with van der Waals surface area (Å²) in [5.41, 5.74) is -0.132. The van der Waals surface area contributed by atoms with Gasteiger partial charge >= 0.3 is 5.97 Å². The highest BCUT2D eigenvalue weighted by molar-refractivity contribution is 6.08. The number of carbonyl (C=O) groups excluding carboxylic acids is 2. The van der Waals surface area contributed by atoms with E-state index in [2.05, 4.69) is 5.32 Å². The molecule has 0 saturated heterocycles. The molecule has 0 radical (unpaired) electrons. The Morgan fingerprint density at radius 3 is 2.26 bits per heavy atom. The van der Waals surface area contributed by atoms with Gasteiger partial charge in [-0.15, -0.1) is 0 Å². The Kier molecular flexibility index (Phi) is 6.34. The number of amides is 1. The van der Waals surface area contributed by atoms with Gasteiger partial charge in [0.05, 0.1) is 11.3 Å². The lowest BCUT2D eigenvalue weighted by atomic mass is 10.1. The van der Waals surface area contributed by atoms with Crippen molar-refractivity contribution in [1.29, 1.82) is 0 Å². The van der Waals surface area contributed by atoms with Crippen molar-refractivity contribution in [2.75, 3.05) is 5.32 Å². The molecule has 0 unspecified atom stereocenters. The molecule has 0 atom stereocenters. The number of benzene rings is 3. The molecule has 3 aromatic carbocycles. The van der Waals surface area contributed by atoms with Crippen molar-refractivity contribution in [3.8, 4) is 11.5 Å². The lowest BCUT2D eigenvalue weighted by molar-refractivity contribution is 0.00707. The number of nitrogens with one attached hydrogen (secondary N) is 1. The van der Waals surface area contributed by atoms with Crippen LogP contribution in [-0.4, -0.2) is 17.5 Å². The molecular formula is C24H21F2NO4. The minimum absolute atomic E-state index is 0.103. The summed E-state index contributed by atoms with van der Waals surface area (Å²) in [6.45, 7) is 5.17. The Morgan fingerprint density at radius 2 is 1.61 bits per heavy atom. The number of hydrogen-bond donors (Lipinski definition) is 1. The predicted octanol–water partition coefficient (Wildman–Crippen LogP) is 5.96. The summed E-state index contributed by atoms with van der Waals surface area (Å²) in [5, 5.41) is 2.67. The van der Waals surface area contributed by atoms with E-state index in [1.165, 1.54) is 18.2 Å². The number of halogens is 2. The van der Waals surface area contributed by atoms with Crippen LogP contribution in [0.3, 0.4) is 0 Å². The monoisotopic (exact) mass is 425 g/mol. The fraction of sp³-hybridized carbons (Fsp3) is 0.167. The zero-order chi connectivity index (χ0) is 22.6. The Morgan fingerprint density at radius 1 is 0.903 bits per heavy atom. The molecule has 0 bridgehead atoms. The molecule has 7 heteroatoms. The van der Waals surface area contributed by atoms with E-state index in [4.69, 9.17) is 9.47 Å². The summed E-state index contributed by atoms with van der Waals surface area (Å²) < 4.78 is 38.0. The van der Waals surface area contributed by atoms with Crippen molar-refractivity contribution in [1.82, 2.24) is 0 Å². The van der Waals surface area contributed by atoms with Gasteiger partial charge in [-0.2, -0.15) is 0 Å². The van der Waals surface area contributed by atoms with Crippen LogP contribution in [0.5, 0.6) is 11.5 Å².